The Bertz CT molecular complexity index is 520. The molecule has 0 radical (unpaired) electrons. The maximum absolute atomic E-state index is 12.6. The van der Waals surface area contributed by atoms with Crippen molar-refractivity contribution in [2.45, 2.75) is 0 Å². The SMILES string of the molecule is O=C(O)c1[nH]nnc1Oc1ccc(F)cc1.[H-].[Na+]. The van der Waals surface area contributed by atoms with E-state index in [4.69, 9.17) is 9.84 Å². The van der Waals surface area contributed by atoms with Crippen LogP contribution in [0, 0.1) is 5.82 Å². The van der Waals surface area contributed by atoms with E-state index in [0.29, 0.717) is 0 Å². The van der Waals surface area contributed by atoms with Crippen LogP contribution in [0.3, 0.4) is 0 Å². The van der Waals surface area contributed by atoms with Gasteiger partial charge in [0.05, 0.1) is 0 Å². The molecule has 6 nitrogen and oxygen atoms in total. The van der Waals surface area contributed by atoms with Crippen molar-refractivity contribution in [1.82, 2.24) is 15.4 Å². The van der Waals surface area contributed by atoms with Gasteiger partial charge < -0.3 is 11.3 Å². The summed E-state index contributed by atoms with van der Waals surface area (Å²) in [6, 6.07) is 5.09. The van der Waals surface area contributed by atoms with Gasteiger partial charge in [0.2, 0.25) is 5.69 Å². The number of aromatic amines is 1. The maximum atomic E-state index is 12.6. The molecule has 1 aromatic carbocycles. The Morgan fingerprint density at radius 2 is 2.06 bits per heavy atom. The zero-order valence-corrected chi connectivity index (χ0v) is 10.8. The first-order valence-corrected chi connectivity index (χ1v) is 4.24. The number of benzene rings is 1. The maximum Gasteiger partial charge on any atom is 1.00 e. The number of aromatic carboxylic acids is 1. The van der Waals surface area contributed by atoms with Crippen molar-refractivity contribution in [3.05, 3.63) is 35.8 Å². The molecular weight excluding hydrogens is 240 g/mol. The van der Waals surface area contributed by atoms with Crippen LogP contribution >= 0.6 is 0 Å². The molecule has 0 aliphatic carbocycles. The van der Waals surface area contributed by atoms with Gasteiger partial charge in [-0.2, -0.15) is 0 Å². The van der Waals surface area contributed by atoms with Gasteiger partial charge in [-0.25, -0.2) is 14.3 Å². The average molecular weight is 247 g/mol. The van der Waals surface area contributed by atoms with E-state index in [0.717, 1.165) is 0 Å². The molecule has 0 aliphatic heterocycles. The molecule has 1 aromatic heterocycles. The van der Waals surface area contributed by atoms with Gasteiger partial charge in [0.25, 0.3) is 5.88 Å². The van der Waals surface area contributed by atoms with Gasteiger partial charge in [0, 0.05) is 0 Å². The van der Waals surface area contributed by atoms with Crippen molar-refractivity contribution in [3.63, 3.8) is 0 Å². The molecule has 2 N–H and O–H groups in total. The number of aromatic nitrogens is 3. The Hall–Kier alpha value is -1.44. The van der Waals surface area contributed by atoms with Gasteiger partial charge in [0.15, 0.2) is 0 Å². The molecule has 2 rings (SSSR count). The quantitative estimate of drug-likeness (QED) is 0.648. The number of nitrogens with zero attached hydrogens (tertiary/aromatic N) is 2. The normalized spacial score (nSPS) is 9.47. The summed E-state index contributed by atoms with van der Waals surface area (Å²) < 4.78 is 17.7. The zero-order valence-electron chi connectivity index (χ0n) is 9.85. The summed E-state index contributed by atoms with van der Waals surface area (Å²) in [6.07, 6.45) is 0. The minimum atomic E-state index is -1.23. The minimum Gasteiger partial charge on any atom is -1.00 e. The fourth-order valence-corrected chi connectivity index (χ4v) is 1.04. The fraction of sp³-hybridized carbons (Fsp3) is 0. The topological polar surface area (TPSA) is 88.1 Å². The van der Waals surface area contributed by atoms with Gasteiger partial charge in [-0.15, -0.1) is 0 Å². The van der Waals surface area contributed by atoms with Gasteiger partial charge >= 0.3 is 35.5 Å². The Balaban J connectivity index is 0.00000144. The van der Waals surface area contributed by atoms with Gasteiger partial charge in [0.1, 0.15) is 11.6 Å². The van der Waals surface area contributed by atoms with Gasteiger partial charge in [-0.05, 0) is 24.3 Å². The molecule has 0 atom stereocenters. The van der Waals surface area contributed by atoms with Gasteiger partial charge in [-0.1, -0.05) is 10.3 Å². The number of halogens is 1. The molecule has 0 amide bonds. The van der Waals surface area contributed by atoms with Crippen molar-refractivity contribution in [3.8, 4) is 11.6 Å². The molecule has 84 valence electrons. The predicted molar refractivity (Wildman–Crippen MR) is 50.9 cm³/mol. The van der Waals surface area contributed by atoms with Crippen molar-refractivity contribution in [1.29, 1.82) is 0 Å². The number of H-pyrrole nitrogens is 1. The number of carboxylic acid groups (broad SMARTS) is 1. The van der Waals surface area contributed by atoms with E-state index in [1.54, 1.807) is 0 Å². The second-order valence-electron chi connectivity index (χ2n) is 2.85. The third-order valence-electron chi connectivity index (χ3n) is 1.76. The first kappa shape index (κ1) is 13.6. The van der Waals surface area contributed by atoms with Gasteiger partial charge in [-0.3, -0.25) is 0 Å². The molecule has 17 heavy (non-hydrogen) atoms. The smallest absolute Gasteiger partial charge is 1.00 e. The van der Waals surface area contributed by atoms with Crippen LogP contribution in [0.2, 0.25) is 0 Å². The number of carboxylic acids is 1. The number of rotatable bonds is 3. The fourth-order valence-electron chi connectivity index (χ4n) is 1.04. The molecule has 0 fully saturated rings. The summed E-state index contributed by atoms with van der Waals surface area (Å²) in [5, 5.41) is 17.7. The van der Waals surface area contributed by atoms with E-state index in [2.05, 4.69) is 15.4 Å². The van der Waals surface area contributed by atoms with Crippen LogP contribution in [0.4, 0.5) is 4.39 Å². The summed E-state index contributed by atoms with van der Waals surface area (Å²) in [4.78, 5) is 10.7. The van der Waals surface area contributed by atoms with E-state index in [9.17, 15) is 9.18 Å². The van der Waals surface area contributed by atoms with Crippen molar-refractivity contribution in [2.75, 3.05) is 0 Å². The molecule has 0 unspecified atom stereocenters. The Kier molecular flexibility index (Phi) is 4.62. The summed E-state index contributed by atoms with van der Waals surface area (Å²) in [7, 11) is 0. The Morgan fingerprint density at radius 3 is 2.65 bits per heavy atom. The van der Waals surface area contributed by atoms with Crippen molar-refractivity contribution < 1.29 is 50.0 Å². The Morgan fingerprint density at radius 1 is 1.41 bits per heavy atom. The first-order valence-electron chi connectivity index (χ1n) is 4.24. The largest absolute Gasteiger partial charge is 1.00 e. The molecule has 1 heterocycles. The molecule has 0 bridgehead atoms. The van der Waals surface area contributed by atoms with E-state index in [1.165, 1.54) is 24.3 Å². The summed E-state index contributed by atoms with van der Waals surface area (Å²) in [5.74, 6) is -1.54. The molecule has 2 aromatic rings. The van der Waals surface area contributed by atoms with Crippen LogP contribution in [-0.4, -0.2) is 26.5 Å². The van der Waals surface area contributed by atoms with Crippen molar-refractivity contribution in [2.24, 2.45) is 0 Å². The van der Waals surface area contributed by atoms with Crippen LogP contribution in [0.1, 0.15) is 11.9 Å². The molecular formula is C9H7FN3NaO3. The summed E-state index contributed by atoms with van der Waals surface area (Å²) in [5.41, 5.74) is -0.260. The van der Waals surface area contributed by atoms with E-state index in [-0.39, 0.29) is 48.3 Å². The van der Waals surface area contributed by atoms with Crippen molar-refractivity contribution >= 4 is 5.97 Å². The molecule has 0 saturated carbocycles. The average Bonchev–Trinajstić information content (AvgIpc) is 2.69. The van der Waals surface area contributed by atoms with Crippen LogP contribution in [0.5, 0.6) is 11.6 Å². The molecule has 0 saturated heterocycles. The third-order valence-corrected chi connectivity index (χ3v) is 1.76. The summed E-state index contributed by atoms with van der Waals surface area (Å²) in [6.45, 7) is 0. The van der Waals surface area contributed by atoms with Crippen LogP contribution in [0.15, 0.2) is 24.3 Å². The molecule has 8 heteroatoms. The second kappa shape index (κ2) is 5.76. The van der Waals surface area contributed by atoms with Crippen LogP contribution in [-0.2, 0) is 0 Å². The zero-order chi connectivity index (χ0) is 11.5. The third kappa shape index (κ3) is 3.26. The standard InChI is InChI=1S/C9H6FN3O3.Na.H/c10-5-1-3-6(4-2-5)16-8-7(9(14)15)11-13-12-8;;/h1-4H,(H,14,15)(H,11,12,13);;/q;+1;-1. The van der Waals surface area contributed by atoms with Crippen LogP contribution in [0.25, 0.3) is 0 Å². The monoisotopic (exact) mass is 247 g/mol. The molecule has 0 aliphatic rings. The molecule has 0 spiro atoms. The van der Waals surface area contributed by atoms with E-state index in [1.807, 2.05) is 0 Å². The second-order valence-corrected chi connectivity index (χ2v) is 2.85. The number of hydrogen-bond donors (Lipinski definition) is 2. The minimum absolute atomic E-state index is 0. The number of hydrogen-bond acceptors (Lipinski definition) is 4. The Labute approximate surface area is 119 Å². The number of ether oxygens (including phenoxy) is 1. The predicted octanol–water partition coefficient (Wildman–Crippen LogP) is -1.45. The first-order chi connectivity index (χ1) is 7.66. The summed E-state index contributed by atoms with van der Waals surface area (Å²) >= 11 is 0. The van der Waals surface area contributed by atoms with Crippen LogP contribution < -0.4 is 34.3 Å². The number of nitrogens with one attached hydrogen (secondary N) is 1. The number of carbonyl (C=O) groups is 1. The van der Waals surface area contributed by atoms with E-state index >= 15 is 0 Å². The van der Waals surface area contributed by atoms with E-state index < -0.39 is 11.8 Å².